The van der Waals surface area contributed by atoms with E-state index in [2.05, 4.69) is 9.88 Å². The van der Waals surface area contributed by atoms with Gasteiger partial charge in [-0.15, -0.1) is 0 Å². The van der Waals surface area contributed by atoms with E-state index in [1.807, 2.05) is 47.4 Å². The molecule has 1 aliphatic rings. The molecule has 2 heterocycles. The van der Waals surface area contributed by atoms with Gasteiger partial charge in [0.1, 0.15) is 11.6 Å². The van der Waals surface area contributed by atoms with Gasteiger partial charge in [0, 0.05) is 45.8 Å². The van der Waals surface area contributed by atoms with Gasteiger partial charge in [0.05, 0.1) is 13.7 Å². The number of carbonyl (C=O) groups excluding carboxylic acids is 2. The lowest BCUT2D eigenvalue weighted by atomic mass is 10.1. The summed E-state index contributed by atoms with van der Waals surface area (Å²) in [7, 11) is 1.63. The summed E-state index contributed by atoms with van der Waals surface area (Å²) in [5, 5.41) is 0. The molecule has 0 unspecified atom stereocenters. The van der Waals surface area contributed by atoms with Gasteiger partial charge in [-0.1, -0.05) is 18.2 Å². The number of carbonyl (C=O) groups is 2. The molecule has 29 heavy (non-hydrogen) atoms. The summed E-state index contributed by atoms with van der Waals surface area (Å²) in [4.78, 5) is 34.8. The van der Waals surface area contributed by atoms with Gasteiger partial charge in [-0.3, -0.25) is 9.59 Å². The van der Waals surface area contributed by atoms with Crippen molar-refractivity contribution < 1.29 is 14.3 Å². The van der Waals surface area contributed by atoms with Crippen LogP contribution in [0.2, 0.25) is 0 Å². The molecule has 1 aromatic heterocycles. The molecule has 7 nitrogen and oxygen atoms in total. The zero-order valence-electron chi connectivity index (χ0n) is 17.1. The largest absolute Gasteiger partial charge is 0.497 e. The van der Waals surface area contributed by atoms with E-state index in [1.54, 1.807) is 18.2 Å². The number of hydrogen-bond acceptors (Lipinski definition) is 5. The zero-order valence-corrected chi connectivity index (χ0v) is 17.1. The third kappa shape index (κ3) is 5.70. The van der Waals surface area contributed by atoms with E-state index >= 15 is 0 Å². The first-order valence-electron chi connectivity index (χ1n) is 9.89. The molecule has 1 aliphatic heterocycles. The molecule has 2 aromatic rings. The molecule has 0 atom stereocenters. The fourth-order valence-electron chi connectivity index (χ4n) is 3.43. The van der Waals surface area contributed by atoms with Crippen LogP contribution in [0.25, 0.3) is 0 Å². The van der Waals surface area contributed by atoms with Crippen LogP contribution >= 0.6 is 0 Å². The minimum Gasteiger partial charge on any atom is -0.497 e. The van der Waals surface area contributed by atoms with Crippen LogP contribution in [-0.4, -0.2) is 73.0 Å². The number of rotatable bonds is 7. The van der Waals surface area contributed by atoms with Crippen molar-refractivity contribution in [3.63, 3.8) is 0 Å². The number of piperazine rings is 1. The minimum absolute atomic E-state index is 0.00786. The second-order valence-corrected chi connectivity index (χ2v) is 7.10. The lowest BCUT2D eigenvalue weighted by Gasteiger charge is -2.36. The van der Waals surface area contributed by atoms with E-state index in [1.165, 1.54) is 6.92 Å². The van der Waals surface area contributed by atoms with Crippen LogP contribution in [0, 0.1) is 0 Å². The Bertz CT molecular complexity index is 820. The molecule has 1 saturated heterocycles. The molecule has 7 heteroatoms. The van der Waals surface area contributed by atoms with Crippen LogP contribution in [-0.2, 0) is 16.0 Å². The fraction of sp³-hybridized carbons (Fsp3) is 0.409. The van der Waals surface area contributed by atoms with Crippen molar-refractivity contribution in [1.29, 1.82) is 0 Å². The lowest BCUT2D eigenvalue weighted by Crippen LogP contribution is -2.52. The van der Waals surface area contributed by atoms with Crippen LogP contribution < -0.4 is 9.64 Å². The van der Waals surface area contributed by atoms with Crippen molar-refractivity contribution in [3.05, 3.63) is 54.2 Å². The molecule has 0 saturated carbocycles. The number of aromatic nitrogens is 1. The SMILES string of the molecule is COc1cccc(CCN(CC(=O)N2CCN(c3ccccn3)CC2)C(C)=O)c1. The molecule has 1 aromatic carbocycles. The molecule has 0 radical (unpaired) electrons. The second kappa shape index (κ2) is 9.91. The molecule has 1 fully saturated rings. The number of hydrogen-bond donors (Lipinski definition) is 0. The summed E-state index contributed by atoms with van der Waals surface area (Å²) in [6.45, 7) is 4.89. The van der Waals surface area contributed by atoms with Crippen LogP contribution in [0.15, 0.2) is 48.7 Å². The van der Waals surface area contributed by atoms with E-state index in [9.17, 15) is 9.59 Å². The predicted octanol–water partition coefficient (Wildman–Crippen LogP) is 1.83. The maximum atomic E-state index is 12.7. The Morgan fingerprint density at radius 1 is 1.10 bits per heavy atom. The van der Waals surface area contributed by atoms with Gasteiger partial charge in [-0.05, 0) is 36.2 Å². The summed E-state index contributed by atoms with van der Waals surface area (Å²) >= 11 is 0. The topological polar surface area (TPSA) is 66.0 Å². The molecule has 0 spiro atoms. The second-order valence-electron chi connectivity index (χ2n) is 7.10. The Morgan fingerprint density at radius 2 is 1.90 bits per heavy atom. The highest BCUT2D eigenvalue weighted by Crippen LogP contribution is 2.14. The first kappa shape index (κ1) is 20.6. The van der Waals surface area contributed by atoms with E-state index in [0.29, 0.717) is 26.1 Å². The molecular weight excluding hydrogens is 368 g/mol. The maximum absolute atomic E-state index is 12.7. The van der Waals surface area contributed by atoms with E-state index in [-0.39, 0.29) is 18.4 Å². The van der Waals surface area contributed by atoms with Crippen LogP contribution in [0.4, 0.5) is 5.82 Å². The number of amides is 2. The van der Waals surface area contributed by atoms with Gasteiger partial charge >= 0.3 is 0 Å². The lowest BCUT2D eigenvalue weighted by molar-refractivity contribution is -0.139. The highest BCUT2D eigenvalue weighted by Gasteiger charge is 2.24. The van der Waals surface area contributed by atoms with E-state index in [0.717, 1.165) is 30.2 Å². The molecule has 0 bridgehead atoms. The third-order valence-electron chi connectivity index (χ3n) is 5.18. The van der Waals surface area contributed by atoms with Gasteiger partial charge in [-0.2, -0.15) is 0 Å². The summed E-state index contributed by atoms with van der Waals surface area (Å²) < 4.78 is 5.24. The van der Waals surface area contributed by atoms with Gasteiger partial charge in [0.15, 0.2) is 0 Å². The fourth-order valence-corrected chi connectivity index (χ4v) is 3.43. The first-order chi connectivity index (χ1) is 14.1. The quantitative estimate of drug-likeness (QED) is 0.714. The van der Waals surface area contributed by atoms with Crippen molar-refractivity contribution in [2.75, 3.05) is 51.3 Å². The number of anilines is 1. The summed E-state index contributed by atoms with van der Waals surface area (Å²) in [6.07, 6.45) is 2.46. The summed E-state index contributed by atoms with van der Waals surface area (Å²) in [5.74, 6) is 1.63. The first-order valence-corrected chi connectivity index (χ1v) is 9.89. The smallest absolute Gasteiger partial charge is 0.242 e. The molecule has 0 N–H and O–H groups in total. The Labute approximate surface area is 171 Å². The monoisotopic (exact) mass is 396 g/mol. The van der Waals surface area contributed by atoms with Crippen LogP contribution in [0.1, 0.15) is 12.5 Å². The Balaban J connectivity index is 1.51. The summed E-state index contributed by atoms with van der Waals surface area (Å²) in [6, 6.07) is 13.6. The van der Waals surface area contributed by atoms with Gasteiger partial charge < -0.3 is 19.4 Å². The van der Waals surface area contributed by atoms with Crippen LogP contribution in [0.5, 0.6) is 5.75 Å². The number of nitrogens with zero attached hydrogens (tertiary/aromatic N) is 4. The molecule has 3 rings (SSSR count). The number of benzene rings is 1. The third-order valence-corrected chi connectivity index (χ3v) is 5.18. The normalized spacial score (nSPS) is 13.9. The number of ether oxygens (including phenoxy) is 1. The zero-order chi connectivity index (χ0) is 20.6. The van der Waals surface area contributed by atoms with Gasteiger partial charge in [0.25, 0.3) is 0 Å². The Morgan fingerprint density at radius 3 is 2.55 bits per heavy atom. The maximum Gasteiger partial charge on any atom is 0.242 e. The van der Waals surface area contributed by atoms with E-state index in [4.69, 9.17) is 4.74 Å². The van der Waals surface area contributed by atoms with Crippen molar-refractivity contribution >= 4 is 17.6 Å². The molecular formula is C22H28N4O3. The van der Waals surface area contributed by atoms with Crippen LogP contribution in [0.3, 0.4) is 0 Å². The highest BCUT2D eigenvalue weighted by atomic mass is 16.5. The van der Waals surface area contributed by atoms with Gasteiger partial charge in [-0.25, -0.2) is 4.98 Å². The molecule has 0 aliphatic carbocycles. The average Bonchev–Trinajstić information content (AvgIpc) is 2.77. The van der Waals surface area contributed by atoms with Crippen molar-refractivity contribution in [3.8, 4) is 5.75 Å². The van der Waals surface area contributed by atoms with Crippen molar-refractivity contribution in [1.82, 2.24) is 14.8 Å². The number of methoxy groups -OCH3 is 1. The number of pyridine rings is 1. The van der Waals surface area contributed by atoms with Gasteiger partial charge in [0.2, 0.25) is 11.8 Å². The van der Waals surface area contributed by atoms with E-state index < -0.39 is 0 Å². The van der Waals surface area contributed by atoms with Crippen molar-refractivity contribution in [2.45, 2.75) is 13.3 Å². The Kier molecular flexibility index (Phi) is 7.05. The predicted molar refractivity (Wildman–Crippen MR) is 112 cm³/mol. The molecule has 2 amide bonds. The Hall–Kier alpha value is -3.09. The highest BCUT2D eigenvalue weighted by molar-refractivity contribution is 5.84. The van der Waals surface area contributed by atoms with Crippen molar-refractivity contribution in [2.24, 2.45) is 0 Å². The summed E-state index contributed by atoms with van der Waals surface area (Å²) in [5.41, 5.74) is 1.08. The standard InChI is InChI=1S/C22H28N4O3/c1-18(27)26(11-9-19-6-5-7-20(16-19)29-2)17-22(28)25-14-12-24(13-15-25)21-8-3-4-10-23-21/h3-8,10,16H,9,11-15,17H2,1-2H3. The minimum atomic E-state index is -0.0895. The average molecular weight is 396 g/mol. The molecule has 154 valence electrons.